The van der Waals surface area contributed by atoms with E-state index in [4.69, 9.17) is 19.4 Å². The highest BCUT2D eigenvalue weighted by molar-refractivity contribution is 6.02. The summed E-state index contributed by atoms with van der Waals surface area (Å²) in [6.07, 6.45) is 11.8. The number of nitrogens with one attached hydrogen (secondary N) is 1. The van der Waals surface area contributed by atoms with Crippen molar-refractivity contribution in [1.29, 1.82) is 0 Å². The first-order chi connectivity index (χ1) is 37.3. The lowest BCUT2D eigenvalue weighted by molar-refractivity contribution is -0.151. The van der Waals surface area contributed by atoms with Crippen LogP contribution >= 0.6 is 0 Å². The highest BCUT2D eigenvalue weighted by Gasteiger charge is 2.49. The van der Waals surface area contributed by atoms with E-state index in [1.807, 2.05) is 18.7 Å². The first-order valence-electron chi connectivity index (χ1n) is 27.8. The minimum Gasteiger partial charge on any atom is -0.508 e. The third kappa shape index (κ3) is 10.6. The number of likely N-dealkylation sites (tertiary alicyclic amines) is 3. The molecule has 6 aliphatic rings. The van der Waals surface area contributed by atoms with Crippen LogP contribution in [0.1, 0.15) is 93.4 Å². The number of halogens is 2. The first kappa shape index (κ1) is 52.8. The number of phenolic OH excluding ortho intramolecular Hbond substituents is 1. The van der Waals surface area contributed by atoms with Gasteiger partial charge in [0.1, 0.15) is 41.2 Å². The number of aromatic nitrogens is 5. The fraction of sp³-hybridized carbons (Fsp3) is 0.542. The molecule has 1 aliphatic carbocycles. The van der Waals surface area contributed by atoms with Crippen molar-refractivity contribution in [3.05, 3.63) is 77.1 Å². The van der Waals surface area contributed by atoms with Crippen molar-refractivity contribution in [3.8, 4) is 23.0 Å². The Balaban J connectivity index is 0.000000192. The van der Waals surface area contributed by atoms with E-state index < -0.39 is 11.7 Å². The van der Waals surface area contributed by atoms with Crippen LogP contribution < -0.4 is 15.0 Å². The summed E-state index contributed by atoms with van der Waals surface area (Å²) in [5.41, 5.74) is 3.74. The highest BCUT2D eigenvalue weighted by Crippen LogP contribution is 2.48. The Hall–Kier alpha value is -6.21. The number of pyridine rings is 1. The van der Waals surface area contributed by atoms with Crippen LogP contribution in [0, 0.1) is 28.9 Å². The minimum atomic E-state index is -0.648. The smallest absolute Gasteiger partial charge is 0.319 e. The zero-order valence-electron chi connectivity index (χ0n) is 44.9. The first-order valence-corrected chi connectivity index (χ1v) is 27.8. The van der Waals surface area contributed by atoms with Gasteiger partial charge < -0.3 is 44.2 Å². The molecule has 0 radical (unpaired) electrons. The van der Waals surface area contributed by atoms with Gasteiger partial charge in [-0.15, -0.1) is 0 Å². The van der Waals surface area contributed by atoms with Crippen molar-refractivity contribution in [3.63, 3.8) is 0 Å². The number of rotatable bonds is 16. The van der Waals surface area contributed by atoms with Gasteiger partial charge in [-0.25, -0.2) is 8.78 Å². The number of anilines is 1. The Morgan fingerprint density at radius 1 is 0.948 bits per heavy atom. The van der Waals surface area contributed by atoms with Gasteiger partial charge >= 0.3 is 6.01 Å². The van der Waals surface area contributed by atoms with Gasteiger partial charge in [0, 0.05) is 95.3 Å². The summed E-state index contributed by atoms with van der Waals surface area (Å²) in [6.45, 7) is 12.5. The molecule has 6 fully saturated rings. The van der Waals surface area contributed by atoms with Crippen LogP contribution in [0.3, 0.4) is 0 Å². The molecule has 4 unspecified atom stereocenters. The van der Waals surface area contributed by atoms with Crippen LogP contribution in [0.2, 0.25) is 0 Å². The average molecular weight is 1060 g/mol. The molecule has 5 saturated heterocycles. The molecular weight excluding hydrogens is 983 g/mol. The van der Waals surface area contributed by atoms with Crippen LogP contribution in [0.4, 0.5) is 14.6 Å². The molecule has 0 bridgehead atoms. The molecule has 6 aromatic rings. The maximum Gasteiger partial charge on any atom is 0.319 e. The maximum atomic E-state index is 17.0. The molecule has 77 heavy (non-hydrogen) atoms. The SMILES string of the molecule is CCc1c(F)ccc2cc(O)cc(-c3ncc4c(N5CCCC6(CCO6)C5)nc(OCC5(CN6CC7CN(C)CC7C6)CC5)nc4c3F)c12.CNC(=O)C(CCC=O)c1nn(C)c2cc(C3CCN(CC=O)CC3)ccc12. The van der Waals surface area contributed by atoms with Crippen molar-refractivity contribution in [1.82, 2.24) is 44.7 Å². The van der Waals surface area contributed by atoms with Crippen LogP contribution in [-0.4, -0.2) is 161 Å². The Morgan fingerprint density at radius 2 is 1.73 bits per heavy atom. The van der Waals surface area contributed by atoms with Gasteiger partial charge in [0.05, 0.1) is 47.9 Å². The van der Waals surface area contributed by atoms with E-state index in [1.165, 1.54) is 30.8 Å². The summed E-state index contributed by atoms with van der Waals surface area (Å²) in [6, 6.07) is 12.5. The fourth-order valence-electron chi connectivity index (χ4n) is 13.4. The third-order valence-corrected chi connectivity index (χ3v) is 17.7. The number of amides is 1. The van der Waals surface area contributed by atoms with E-state index >= 15 is 8.78 Å². The molecule has 1 spiro atoms. The number of carbonyl (C=O) groups is 3. The number of piperidine rings is 2. The molecule has 18 heteroatoms. The number of aromatic hydroxyl groups is 1. The number of aldehydes is 2. The summed E-state index contributed by atoms with van der Waals surface area (Å²) >= 11 is 0. The lowest BCUT2D eigenvalue weighted by Gasteiger charge is -2.48. The number of phenols is 1. The zero-order valence-corrected chi connectivity index (χ0v) is 44.9. The molecule has 408 valence electrons. The number of ether oxygens (including phenoxy) is 2. The number of hydrogen-bond donors (Lipinski definition) is 2. The van der Waals surface area contributed by atoms with Crippen LogP contribution in [-0.2, 0) is 32.6 Å². The average Bonchev–Trinajstić information content (AvgIpc) is 3.96. The van der Waals surface area contributed by atoms with Crippen molar-refractivity contribution in [2.45, 2.75) is 88.6 Å². The van der Waals surface area contributed by atoms with E-state index in [0.29, 0.717) is 78.0 Å². The number of hydrogen-bond acceptors (Lipinski definition) is 14. The fourth-order valence-corrected chi connectivity index (χ4v) is 13.4. The summed E-state index contributed by atoms with van der Waals surface area (Å²) < 4.78 is 46.3. The number of carbonyl (C=O) groups excluding carboxylic acids is 3. The van der Waals surface area contributed by atoms with Crippen LogP contribution in [0.5, 0.6) is 11.8 Å². The maximum absolute atomic E-state index is 17.0. The lowest BCUT2D eigenvalue weighted by Crippen LogP contribution is -2.56. The van der Waals surface area contributed by atoms with Crippen LogP contribution in [0.25, 0.3) is 43.8 Å². The van der Waals surface area contributed by atoms with Gasteiger partial charge in [0.2, 0.25) is 5.91 Å². The zero-order chi connectivity index (χ0) is 53.6. The Morgan fingerprint density at radius 3 is 2.42 bits per heavy atom. The Labute approximate surface area is 448 Å². The van der Waals surface area contributed by atoms with E-state index in [-0.39, 0.29) is 45.7 Å². The molecule has 1 saturated carbocycles. The van der Waals surface area contributed by atoms with Gasteiger partial charge in [-0.1, -0.05) is 25.1 Å². The highest BCUT2D eigenvalue weighted by atomic mass is 19.1. The number of nitrogens with zero attached hydrogens (tertiary/aromatic N) is 9. The molecular formula is C59H72F2N10O6. The number of benzene rings is 3. The van der Waals surface area contributed by atoms with Crippen LogP contribution in [0.15, 0.2) is 48.7 Å². The second-order valence-corrected chi connectivity index (χ2v) is 23.0. The second kappa shape index (κ2) is 21.9. The van der Waals surface area contributed by atoms with Gasteiger partial charge in [0.15, 0.2) is 5.82 Å². The summed E-state index contributed by atoms with van der Waals surface area (Å²) in [5.74, 6) is 0.937. The monoisotopic (exact) mass is 1050 g/mol. The Bertz CT molecular complexity index is 3180. The van der Waals surface area contributed by atoms with Crippen molar-refractivity contribution < 1.29 is 37.7 Å². The molecule has 16 nitrogen and oxygen atoms in total. The molecule has 4 atom stereocenters. The van der Waals surface area contributed by atoms with Gasteiger partial charge in [-0.05, 0) is 135 Å². The Kier molecular flexibility index (Phi) is 15.0. The van der Waals surface area contributed by atoms with Gasteiger partial charge in [-0.3, -0.25) is 19.4 Å². The number of fused-ring (bicyclic) bond motifs is 4. The normalized spacial score (nSPS) is 23.0. The molecule has 3 aromatic carbocycles. The summed E-state index contributed by atoms with van der Waals surface area (Å²) in [4.78, 5) is 57.6. The van der Waals surface area contributed by atoms with Crippen molar-refractivity contribution >= 4 is 56.9 Å². The van der Waals surface area contributed by atoms with Gasteiger partial charge in [-0.2, -0.15) is 15.1 Å². The van der Waals surface area contributed by atoms with Crippen molar-refractivity contribution in [2.75, 3.05) is 97.7 Å². The predicted octanol–water partition coefficient (Wildman–Crippen LogP) is 7.56. The van der Waals surface area contributed by atoms with E-state index in [1.54, 1.807) is 25.4 Å². The predicted molar refractivity (Wildman–Crippen MR) is 291 cm³/mol. The standard InChI is InChI=1S/C38H44F2N6O3.C21H28N4O3/c1-3-27-30(39)6-5-23-13-26(47)14-28(31(23)27)33-32(40)34-29(15-41-33)35(46-11-4-7-38(21-46)10-12-49-38)43-36(42-34)48-22-37(8-9-37)20-45-18-24-16-44(2)17-25(24)19-45;1-22-21(28)18(4-3-12-26)20-17-6-5-16(14-19(17)24(2)23-20)15-7-9-25(10-8-15)11-13-27/h5-6,13-15,24-25,47H,3-4,7-12,16-22H2,1-2H3;5-6,12-15,18H,3-4,7-11H2,1-2H3,(H,22,28). The molecule has 5 aliphatic heterocycles. The third-order valence-electron chi connectivity index (χ3n) is 17.7. The largest absolute Gasteiger partial charge is 0.508 e. The van der Waals surface area contributed by atoms with Crippen molar-refractivity contribution in [2.24, 2.45) is 24.3 Å². The van der Waals surface area contributed by atoms with Gasteiger partial charge in [0.25, 0.3) is 0 Å². The number of likely N-dealkylation sites (N-methyl/N-ethyl adjacent to an activating group) is 1. The molecule has 8 heterocycles. The molecule has 3 aromatic heterocycles. The number of aryl methyl sites for hydroxylation is 2. The quantitative estimate of drug-likeness (QED) is 0.0910. The molecule has 1 amide bonds. The topological polar surface area (TPSA) is 171 Å². The lowest BCUT2D eigenvalue weighted by atomic mass is 9.86. The molecule has 2 N–H and O–H groups in total. The van der Waals surface area contributed by atoms with E-state index in [9.17, 15) is 19.5 Å². The second-order valence-electron chi connectivity index (χ2n) is 23.0. The van der Waals surface area contributed by atoms with E-state index in [0.717, 1.165) is 132 Å². The van der Waals surface area contributed by atoms with E-state index in [2.05, 4.69) is 60.2 Å². The minimum absolute atomic E-state index is 0.00521. The summed E-state index contributed by atoms with van der Waals surface area (Å²) in [5, 5.41) is 20.6. The molecule has 12 rings (SSSR count). The summed E-state index contributed by atoms with van der Waals surface area (Å²) in [7, 11) is 5.72.